The first-order chi connectivity index (χ1) is 37.2. The zero-order chi connectivity index (χ0) is 54.5. The summed E-state index contributed by atoms with van der Waals surface area (Å²) in [6.45, 7) is 28.0. The number of para-hydroxylation sites is 2. The largest absolute Gasteiger partial charge is 0.344 e. The van der Waals surface area contributed by atoms with Crippen LogP contribution in [0.4, 0.5) is 0 Å². The molecule has 2 aromatic heterocycles. The lowest BCUT2D eigenvalue weighted by Gasteiger charge is -2.31. The van der Waals surface area contributed by atoms with E-state index in [0.717, 1.165) is 75.3 Å². The number of hydrogen-bond acceptors (Lipinski definition) is 3. The Labute approximate surface area is 462 Å². The minimum atomic E-state index is -0.439. The molecule has 0 spiro atoms. The summed E-state index contributed by atoms with van der Waals surface area (Å²) >= 11 is 0. The molecule has 392 valence electrons. The van der Waals surface area contributed by atoms with Gasteiger partial charge in [-0.05, 0) is 140 Å². The van der Waals surface area contributed by atoms with Gasteiger partial charge in [0.05, 0.1) is 27.9 Å². The van der Waals surface area contributed by atoms with Crippen molar-refractivity contribution < 1.29 is 0 Å². The molecule has 1 N–H and O–H groups in total. The average Bonchev–Trinajstić information content (AvgIpc) is 4.01. The highest BCUT2D eigenvalue weighted by Crippen LogP contribution is 2.46. The van der Waals surface area contributed by atoms with Gasteiger partial charge in [0.2, 0.25) is 0 Å². The number of hydrogen-bond donors (Lipinski definition) is 1. The van der Waals surface area contributed by atoms with Gasteiger partial charge in [-0.3, -0.25) is 0 Å². The molecule has 2 atom stereocenters. The maximum atomic E-state index is 5.87. The molecule has 5 heteroatoms. The Balaban J connectivity index is 1.16. The van der Waals surface area contributed by atoms with E-state index in [1.807, 2.05) is 0 Å². The number of rotatable bonds is 7. The van der Waals surface area contributed by atoms with Crippen LogP contribution in [0.25, 0.3) is 66.9 Å². The number of nitrogens with one attached hydrogen (secondary N) is 1. The van der Waals surface area contributed by atoms with Gasteiger partial charge in [0.15, 0.2) is 5.84 Å². The summed E-state index contributed by atoms with van der Waals surface area (Å²) in [6, 6.07) is 56.5. The second kappa shape index (κ2) is 19.0. The molecule has 3 aliphatic rings. The van der Waals surface area contributed by atoms with Crippen molar-refractivity contribution in [2.24, 2.45) is 21.3 Å². The highest BCUT2D eigenvalue weighted by Gasteiger charge is 2.34. The molecule has 9 aromatic rings. The number of aliphatic imine (C=N–C) groups is 2. The van der Waals surface area contributed by atoms with Crippen LogP contribution >= 0.6 is 0 Å². The molecule has 78 heavy (non-hydrogen) atoms. The van der Waals surface area contributed by atoms with Crippen molar-refractivity contribution in [2.45, 2.75) is 125 Å². The van der Waals surface area contributed by atoms with Gasteiger partial charge in [-0.1, -0.05) is 211 Å². The van der Waals surface area contributed by atoms with Gasteiger partial charge in [-0.15, -0.1) is 0 Å². The normalized spacial score (nSPS) is 17.1. The molecule has 2 unspecified atom stereocenters. The Hall–Kier alpha value is -7.76. The number of aromatic nitrogens is 2. The summed E-state index contributed by atoms with van der Waals surface area (Å²) in [4.78, 5) is 11.6. The fourth-order valence-electron chi connectivity index (χ4n) is 12.1. The Kier molecular flexibility index (Phi) is 12.4. The summed E-state index contributed by atoms with van der Waals surface area (Å²) in [5, 5.41) is 7.79. The highest BCUT2D eigenvalue weighted by atomic mass is 15.2. The molecule has 0 bridgehead atoms. The van der Waals surface area contributed by atoms with Crippen LogP contribution in [0.15, 0.2) is 186 Å². The molecular formula is C73H75N5. The monoisotopic (exact) mass is 1020 g/mol. The van der Waals surface area contributed by atoms with Crippen molar-refractivity contribution in [1.82, 2.24) is 14.5 Å². The minimum absolute atomic E-state index is 0.0140. The molecule has 2 aliphatic carbocycles. The summed E-state index contributed by atoms with van der Waals surface area (Å²) < 4.78 is 5.08. The molecule has 12 rings (SSSR count). The first-order valence-electron chi connectivity index (χ1n) is 28.4. The minimum Gasteiger partial charge on any atom is -0.344 e. The van der Waals surface area contributed by atoms with Gasteiger partial charge in [0, 0.05) is 44.1 Å². The van der Waals surface area contributed by atoms with E-state index < -0.39 is 6.17 Å². The quantitative estimate of drug-likeness (QED) is 0.170. The predicted molar refractivity (Wildman–Crippen MR) is 333 cm³/mol. The Morgan fingerprint density at radius 1 is 0.500 bits per heavy atom. The molecule has 3 heterocycles. The van der Waals surface area contributed by atoms with Crippen LogP contribution in [-0.2, 0) is 22.7 Å². The van der Waals surface area contributed by atoms with E-state index in [1.165, 1.54) is 60.8 Å². The first kappa shape index (κ1) is 51.0. The van der Waals surface area contributed by atoms with Crippen molar-refractivity contribution in [1.29, 1.82) is 0 Å². The maximum absolute atomic E-state index is 5.87. The number of allylic oxidation sites excluding steroid dienone is 5. The van der Waals surface area contributed by atoms with Gasteiger partial charge >= 0.3 is 0 Å². The first-order valence-corrected chi connectivity index (χ1v) is 28.4. The van der Waals surface area contributed by atoms with E-state index in [1.54, 1.807) is 0 Å². The van der Waals surface area contributed by atoms with E-state index in [0.29, 0.717) is 11.8 Å². The van der Waals surface area contributed by atoms with Crippen LogP contribution in [0.5, 0.6) is 0 Å². The molecule has 1 aliphatic heterocycles. The molecular weight excluding hydrogens is 947 g/mol. The lowest BCUT2D eigenvalue weighted by molar-refractivity contribution is 0.291. The van der Waals surface area contributed by atoms with Crippen LogP contribution in [0, 0.1) is 11.3 Å². The average molecular weight is 1020 g/mol. The Morgan fingerprint density at radius 3 is 1.62 bits per heavy atom. The molecule has 7 aromatic carbocycles. The maximum Gasteiger partial charge on any atom is 0.161 e. The van der Waals surface area contributed by atoms with Crippen LogP contribution in [0.2, 0.25) is 0 Å². The third-order valence-corrected chi connectivity index (χ3v) is 16.8. The van der Waals surface area contributed by atoms with E-state index in [9.17, 15) is 0 Å². The van der Waals surface area contributed by atoms with Gasteiger partial charge in [0.1, 0.15) is 12.0 Å². The third kappa shape index (κ3) is 9.09. The van der Waals surface area contributed by atoms with Crippen molar-refractivity contribution in [3.05, 3.63) is 226 Å². The summed E-state index contributed by atoms with van der Waals surface area (Å²) in [5.41, 5.74) is 20.0. The number of fused-ring (bicyclic) bond motifs is 6. The highest BCUT2D eigenvalue weighted by molar-refractivity contribution is 6.18. The second-order valence-electron chi connectivity index (χ2n) is 26.3. The van der Waals surface area contributed by atoms with Crippen molar-refractivity contribution in [2.75, 3.05) is 0 Å². The topological polar surface area (TPSA) is 46.6 Å². The molecule has 5 nitrogen and oxygen atoms in total. The standard InChI is InChI=1S/C73H75N5/c1-70(2,3)49-34-38-61-57(42-49)58-43-50(71(4,5)6)35-39-62(58)77(61)65-53(46-24-16-13-17-25-46)30-22-32-55(65)68-74-67(48-28-20-15-21-29-48)75-69(76-68)56-33-23-31-54(47-26-18-14-19-27-47)66(56)78-63-40-36-51(72(7,8)9)44-59(63)60-45-52(73(10,11)12)37-41-64(60)78/h13,15-18,20-44,52,67H,14,19,45H2,1-12H3,(H,74,75,76). The lowest BCUT2D eigenvalue weighted by atomic mass is 9.74. The zero-order valence-electron chi connectivity index (χ0n) is 47.9. The third-order valence-electron chi connectivity index (χ3n) is 16.8. The van der Waals surface area contributed by atoms with Gasteiger partial charge in [-0.2, -0.15) is 0 Å². The second-order valence-corrected chi connectivity index (χ2v) is 26.3. The fraction of sp³-hybridized carbons (Fsp3) is 0.288. The zero-order valence-corrected chi connectivity index (χ0v) is 47.9. The Bertz CT molecular complexity index is 3920. The number of nitrogens with zero attached hydrogens (tertiary/aromatic N) is 4. The summed E-state index contributed by atoms with van der Waals surface area (Å²) in [6.07, 6.45) is 14.5. The van der Waals surface area contributed by atoms with Crippen molar-refractivity contribution >= 4 is 56.0 Å². The molecule has 0 fully saturated rings. The number of benzene rings is 7. The van der Waals surface area contributed by atoms with Gasteiger partial charge in [-0.25, -0.2) is 9.98 Å². The molecule has 0 radical (unpaired) electrons. The lowest BCUT2D eigenvalue weighted by Crippen LogP contribution is -2.34. The van der Waals surface area contributed by atoms with Crippen LogP contribution in [0.1, 0.15) is 152 Å². The molecule has 0 saturated heterocycles. The molecule has 0 saturated carbocycles. The van der Waals surface area contributed by atoms with E-state index >= 15 is 0 Å². The SMILES string of the molecule is CC(C)(C)c1ccc2c(c1)c1c(n2-c2c(C3=CCCC=C3)cccc2C2=NC(c3ccccc3)NC(c3cccc(-c4ccccc4)c3-n3c4ccc(C(C)(C)C)cc4c4cc(C(C)(C)C)ccc43)=N2)C=CC(C(C)(C)C)C1. The van der Waals surface area contributed by atoms with Crippen LogP contribution in [-0.4, -0.2) is 20.8 Å². The van der Waals surface area contributed by atoms with E-state index in [-0.39, 0.29) is 21.7 Å². The van der Waals surface area contributed by atoms with Crippen molar-refractivity contribution in [3.63, 3.8) is 0 Å². The van der Waals surface area contributed by atoms with Gasteiger partial charge < -0.3 is 14.5 Å². The van der Waals surface area contributed by atoms with E-state index in [2.05, 4.69) is 280 Å². The van der Waals surface area contributed by atoms with E-state index in [4.69, 9.17) is 9.98 Å². The smallest absolute Gasteiger partial charge is 0.161 e. The fourth-order valence-corrected chi connectivity index (χ4v) is 12.1. The number of amidine groups is 2. The van der Waals surface area contributed by atoms with Crippen molar-refractivity contribution in [3.8, 4) is 22.5 Å². The summed E-state index contributed by atoms with van der Waals surface area (Å²) in [5.74, 6) is 1.85. The van der Waals surface area contributed by atoms with Crippen LogP contribution < -0.4 is 5.32 Å². The van der Waals surface area contributed by atoms with Gasteiger partial charge in [0.25, 0.3) is 0 Å². The summed E-state index contributed by atoms with van der Waals surface area (Å²) in [7, 11) is 0. The molecule has 0 amide bonds. The Morgan fingerprint density at radius 2 is 1.04 bits per heavy atom. The predicted octanol–water partition coefficient (Wildman–Crippen LogP) is 18.7. The van der Waals surface area contributed by atoms with Crippen LogP contribution in [0.3, 0.4) is 0 Å².